The van der Waals surface area contributed by atoms with Crippen molar-refractivity contribution in [1.82, 2.24) is 19.3 Å². The maximum absolute atomic E-state index is 13.4. The second-order valence-electron chi connectivity index (χ2n) is 7.76. The van der Waals surface area contributed by atoms with Gasteiger partial charge in [-0.2, -0.15) is 0 Å². The monoisotopic (exact) mass is 398 g/mol. The van der Waals surface area contributed by atoms with E-state index in [1.165, 1.54) is 4.90 Å². The smallest absolute Gasteiger partial charge is 0.320 e. The van der Waals surface area contributed by atoms with E-state index < -0.39 is 0 Å². The molecule has 0 saturated carbocycles. The third kappa shape index (κ3) is 4.09. The molecule has 0 bridgehead atoms. The van der Waals surface area contributed by atoms with Gasteiger partial charge in [0.1, 0.15) is 18.3 Å². The second kappa shape index (κ2) is 8.59. The first-order chi connectivity index (χ1) is 13.8. The SMILES string of the molecule is COc1ccccc1C1c2cccn2CCN1C(=O)CN(C(=O)N(C)C)C(C)C. The highest BCUT2D eigenvalue weighted by Crippen LogP contribution is 2.37. The number of hydrogen-bond acceptors (Lipinski definition) is 3. The number of ether oxygens (including phenoxy) is 1. The molecule has 1 aliphatic heterocycles. The summed E-state index contributed by atoms with van der Waals surface area (Å²) < 4.78 is 7.76. The third-order valence-corrected chi connectivity index (χ3v) is 5.35. The van der Waals surface area contributed by atoms with E-state index in [0.29, 0.717) is 6.54 Å². The lowest BCUT2D eigenvalue weighted by Gasteiger charge is -2.39. The molecular formula is C22H30N4O3. The van der Waals surface area contributed by atoms with Gasteiger partial charge < -0.3 is 24.0 Å². The van der Waals surface area contributed by atoms with Gasteiger partial charge in [-0.25, -0.2) is 4.79 Å². The highest BCUT2D eigenvalue weighted by Gasteiger charge is 2.35. The predicted octanol–water partition coefficient (Wildman–Crippen LogP) is 2.82. The van der Waals surface area contributed by atoms with Crippen molar-refractivity contribution < 1.29 is 14.3 Å². The molecule has 7 heteroatoms. The Morgan fingerprint density at radius 2 is 1.86 bits per heavy atom. The van der Waals surface area contributed by atoms with Crippen molar-refractivity contribution in [1.29, 1.82) is 0 Å². The van der Waals surface area contributed by atoms with Crippen LogP contribution in [0.3, 0.4) is 0 Å². The number of benzene rings is 1. The molecule has 0 fully saturated rings. The van der Waals surface area contributed by atoms with Gasteiger partial charge in [-0.15, -0.1) is 0 Å². The number of para-hydroxylation sites is 1. The molecule has 7 nitrogen and oxygen atoms in total. The number of urea groups is 1. The Balaban J connectivity index is 1.96. The molecule has 156 valence electrons. The van der Waals surface area contributed by atoms with E-state index >= 15 is 0 Å². The van der Waals surface area contributed by atoms with Crippen LogP contribution in [0.5, 0.6) is 5.75 Å². The number of carbonyl (C=O) groups is 2. The molecule has 0 radical (unpaired) electrons. The Hall–Kier alpha value is -2.96. The highest BCUT2D eigenvalue weighted by atomic mass is 16.5. The van der Waals surface area contributed by atoms with E-state index in [9.17, 15) is 9.59 Å². The minimum absolute atomic E-state index is 0.0427. The molecule has 1 aliphatic rings. The van der Waals surface area contributed by atoms with E-state index in [1.54, 1.807) is 26.1 Å². The molecular weight excluding hydrogens is 368 g/mol. The van der Waals surface area contributed by atoms with Crippen molar-refractivity contribution in [2.75, 3.05) is 34.3 Å². The van der Waals surface area contributed by atoms with E-state index in [2.05, 4.69) is 4.57 Å². The quantitative estimate of drug-likeness (QED) is 0.778. The molecule has 2 heterocycles. The van der Waals surface area contributed by atoms with Crippen LogP contribution < -0.4 is 4.74 Å². The largest absolute Gasteiger partial charge is 0.496 e. The number of nitrogens with zero attached hydrogens (tertiary/aromatic N) is 4. The Morgan fingerprint density at radius 1 is 1.14 bits per heavy atom. The molecule has 0 aliphatic carbocycles. The standard InChI is InChI=1S/C22H30N4O3/c1-16(2)26(22(28)23(3)4)15-20(27)25-14-13-24-12-8-10-18(24)21(25)17-9-6-7-11-19(17)29-5/h6-12,16,21H,13-15H2,1-5H3. The highest BCUT2D eigenvalue weighted by molar-refractivity contribution is 5.85. The molecule has 1 aromatic carbocycles. The van der Waals surface area contributed by atoms with Crippen molar-refractivity contribution in [3.8, 4) is 5.75 Å². The van der Waals surface area contributed by atoms with Crippen LogP contribution in [0, 0.1) is 0 Å². The Morgan fingerprint density at radius 3 is 2.52 bits per heavy atom. The zero-order chi connectivity index (χ0) is 21.1. The summed E-state index contributed by atoms with van der Waals surface area (Å²) >= 11 is 0. The van der Waals surface area contributed by atoms with Gasteiger partial charge in [0.2, 0.25) is 5.91 Å². The van der Waals surface area contributed by atoms with Crippen molar-refractivity contribution in [3.63, 3.8) is 0 Å². The molecule has 0 spiro atoms. The maximum Gasteiger partial charge on any atom is 0.320 e. The Kier molecular flexibility index (Phi) is 6.15. The van der Waals surface area contributed by atoms with Gasteiger partial charge in [0.25, 0.3) is 0 Å². The van der Waals surface area contributed by atoms with Crippen LogP contribution in [-0.4, -0.2) is 71.5 Å². The first kappa shape index (κ1) is 20.8. The topological polar surface area (TPSA) is 58.0 Å². The molecule has 3 amide bonds. The van der Waals surface area contributed by atoms with Crippen LogP contribution in [0.15, 0.2) is 42.6 Å². The van der Waals surface area contributed by atoms with Crippen LogP contribution in [0.25, 0.3) is 0 Å². The molecule has 29 heavy (non-hydrogen) atoms. The summed E-state index contributed by atoms with van der Waals surface area (Å²) in [5.41, 5.74) is 1.99. The zero-order valence-corrected chi connectivity index (χ0v) is 17.8. The lowest BCUT2D eigenvalue weighted by atomic mass is 9.98. The number of amides is 3. The van der Waals surface area contributed by atoms with Crippen molar-refractivity contribution >= 4 is 11.9 Å². The van der Waals surface area contributed by atoms with Gasteiger partial charge in [0.05, 0.1) is 7.11 Å². The summed E-state index contributed by atoms with van der Waals surface area (Å²) in [6.45, 7) is 5.19. The van der Waals surface area contributed by atoms with E-state index in [4.69, 9.17) is 4.74 Å². The van der Waals surface area contributed by atoms with Gasteiger partial charge in [-0.1, -0.05) is 18.2 Å². The maximum atomic E-state index is 13.4. The minimum Gasteiger partial charge on any atom is -0.496 e. The fourth-order valence-corrected chi connectivity index (χ4v) is 3.84. The van der Waals surface area contributed by atoms with E-state index in [0.717, 1.165) is 23.6 Å². The van der Waals surface area contributed by atoms with Crippen LogP contribution >= 0.6 is 0 Å². The summed E-state index contributed by atoms with van der Waals surface area (Å²) in [7, 11) is 5.05. The van der Waals surface area contributed by atoms with E-state index in [-0.39, 0.29) is 30.6 Å². The average molecular weight is 399 g/mol. The van der Waals surface area contributed by atoms with Gasteiger partial charge in [0.15, 0.2) is 0 Å². The summed E-state index contributed by atoms with van der Waals surface area (Å²) in [6.07, 6.45) is 2.04. The van der Waals surface area contributed by atoms with Crippen LogP contribution in [0.4, 0.5) is 4.79 Å². The zero-order valence-electron chi connectivity index (χ0n) is 17.8. The lowest BCUT2D eigenvalue weighted by Crippen LogP contribution is -2.51. The lowest BCUT2D eigenvalue weighted by molar-refractivity contribution is -0.135. The summed E-state index contributed by atoms with van der Waals surface area (Å²) in [5, 5.41) is 0. The summed E-state index contributed by atoms with van der Waals surface area (Å²) in [5.74, 6) is 0.673. The molecule has 1 atom stereocenters. The number of carbonyl (C=O) groups excluding carboxylic acids is 2. The second-order valence-corrected chi connectivity index (χ2v) is 7.76. The first-order valence-electron chi connectivity index (χ1n) is 9.90. The molecule has 0 N–H and O–H groups in total. The fraction of sp³-hybridized carbons (Fsp3) is 0.455. The Bertz CT molecular complexity index is 874. The molecule has 3 rings (SSSR count). The molecule has 1 unspecified atom stereocenters. The first-order valence-corrected chi connectivity index (χ1v) is 9.90. The van der Waals surface area contributed by atoms with Gasteiger partial charge >= 0.3 is 6.03 Å². The summed E-state index contributed by atoms with van der Waals surface area (Å²) in [4.78, 5) is 31.0. The normalized spacial score (nSPS) is 15.8. The van der Waals surface area contributed by atoms with Gasteiger partial charge in [0, 0.05) is 50.7 Å². The number of rotatable bonds is 5. The number of hydrogen-bond donors (Lipinski definition) is 0. The molecule has 2 aromatic rings. The molecule has 0 saturated heterocycles. The van der Waals surface area contributed by atoms with Gasteiger partial charge in [-0.3, -0.25) is 4.79 Å². The average Bonchev–Trinajstić information content (AvgIpc) is 3.19. The van der Waals surface area contributed by atoms with Crippen molar-refractivity contribution in [3.05, 3.63) is 53.9 Å². The Labute approximate surface area is 172 Å². The van der Waals surface area contributed by atoms with E-state index in [1.807, 2.05) is 61.3 Å². The summed E-state index contributed by atoms with van der Waals surface area (Å²) in [6, 6.07) is 11.3. The van der Waals surface area contributed by atoms with Crippen LogP contribution in [0.2, 0.25) is 0 Å². The predicted molar refractivity (Wildman–Crippen MR) is 112 cm³/mol. The third-order valence-electron chi connectivity index (χ3n) is 5.35. The molecule has 1 aromatic heterocycles. The number of methoxy groups -OCH3 is 1. The van der Waals surface area contributed by atoms with Crippen molar-refractivity contribution in [2.24, 2.45) is 0 Å². The van der Waals surface area contributed by atoms with Crippen LogP contribution in [0.1, 0.15) is 31.1 Å². The van der Waals surface area contributed by atoms with Crippen LogP contribution in [-0.2, 0) is 11.3 Å². The van der Waals surface area contributed by atoms with Crippen molar-refractivity contribution in [2.45, 2.75) is 32.5 Å². The fourth-order valence-electron chi connectivity index (χ4n) is 3.84. The number of fused-ring (bicyclic) bond motifs is 1. The number of aromatic nitrogens is 1. The minimum atomic E-state index is -0.258. The van der Waals surface area contributed by atoms with Gasteiger partial charge in [-0.05, 0) is 32.0 Å².